The van der Waals surface area contributed by atoms with E-state index < -0.39 is 0 Å². The number of allylic oxidation sites excluding steroid dienone is 1. The highest BCUT2D eigenvalue weighted by atomic mass is 16.5. The van der Waals surface area contributed by atoms with Crippen molar-refractivity contribution < 1.29 is 4.74 Å². The first-order valence-corrected chi connectivity index (χ1v) is 3.83. The van der Waals surface area contributed by atoms with Crippen LogP contribution >= 0.6 is 0 Å². The van der Waals surface area contributed by atoms with Crippen LogP contribution in [0.3, 0.4) is 0 Å². The van der Waals surface area contributed by atoms with E-state index in [4.69, 9.17) is 4.74 Å². The monoisotopic (exact) mass is 150 g/mol. The Balaban J connectivity index is 2.83. The van der Waals surface area contributed by atoms with Gasteiger partial charge in [-0.3, -0.25) is 0 Å². The van der Waals surface area contributed by atoms with Crippen LogP contribution in [0.15, 0.2) is 29.5 Å². The summed E-state index contributed by atoms with van der Waals surface area (Å²) in [6.45, 7) is 4.12. The lowest BCUT2D eigenvalue weighted by molar-refractivity contribution is 0.0578. The molecule has 0 saturated heterocycles. The van der Waals surface area contributed by atoms with E-state index in [0.717, 1.165) is 6.42 Å². The molecule has 1 heteroatoms. The average molecular weight is 150 g/mol. The summed E-state index contributed by atoms with van der Waals surface area (Å²) in [6, 6.07) is 0. The van der Waals surface area contributed by atoms with Gasteiger partial charge >= 0.3 is 0 Å². The van der Waals surface area contributed by atoms with Gasteiger partial charge in [-0.05, 0) is 38.0 Å². The highest BCUT2D eigenvalue weighted by Gasteiger charge is 2.20. The van der Waals surface area contributed by atoms with E-state index in [1.165, 1.54) is 5.57 Å². The zero-order valence-electron chi connectivity index (χ0n) is 7.35. The molecule has 1 aliphatic carbocycles. The Labute approximate surface area is 68.1 Å². The van der Waals surface area contributed by atoms with E-state index in [0.29, 0.717) is 0 Å². The third-order valence-electron chi connectivity index (χ3n) is 2.02. The molecule has 0 fully saturated rings. The first kappa shape index (κ1) is 8.32. The smallest absolute Gasteiger partial charge is 0.0874 e. The van der Waals surface area contributed by atoms with Gasteiger partial charge in [0.2, 0.25) is 0 Å². The molecule has 0 bridgehead atoms. The summed E-state index contributed by atoms with van der Waals surface area (Å²) in [5.74, 6) is 0. The summed E-state index contributed by atoms with van der Waals surface area (Å²) in [5.41, 5.74) is 4.12. The van der Waals surface area contributed by atoms with E-state index in [1.54, 1.807) is 7.11 Å². The Morgan fingerprint density at radius 1 is 1.55 bits per heavy atom. The summed E-state index contributed by atoms with van der Waals surface area (Å²) in [4.78, 5) is 0. The third kappa shape index (κ3) is 1.83. The van der Waals surface area contributed by atoms with Crippen molar-refractivity contribution in [2.75, 3.05) is 7.11 Å². The molecule has 0 aromatic carbocycles. The van der Waals surface area contributed by atoms with Crippen LogP contribution in [-0.4, -0.2) is 12.7 Å². The predicted octanol–water partition coefficient (Wildman–Crippen LogP) is 2.45. The van der Waals surface area contributed by atoms with Crippen LogP contribution in [0.4, 0.5) is 0 Å². The molecule has 11 heavy (non-hydrogen) atoms. The minimum atomic E-state index is -0.165. The number of hydrogen-bond donors (Lipinski definition) is 0. The van der Waals surface area contributed by atoms with Crippen LogP contribution in [0.5, 0.6) is 0 Å². The van der Waals surface area contributed by atoms with Crippen molar-refractivity contribution in [3.05, 3.63) is 29.5 Å². The van der Waals surface area contributed by atoms with Crippen LogP contribution in [0.2, 0.25) is 0 Å². The molecular formula is C10H14O. The van der Waals surface area contributed by atoms with Crippen LogP contribution in [-0.2, 0) is 4.74 Å². The summed E-state index contributed by atoms with van der Waals surface area (Å²) in [7, 11) is 1.73. The fraction of sp³-hybridized carbons (Fsp3) is 0.500. The second-order valence-corrected chi connectivity index (χ2v) is 3.12. The second-order valence-electron chi connectivity index (χ2n) is 3.12. The van der Waals surface area contributed by atoms with Crippen molar-refractivity contribution in [3.8, 4) is 0 Å². The molecule has 0 saturated carbocycles. The molecule has 0 radical (unpaired) electrons. The number of rotatable bonds is 2. The molecule has 0 atom stereocenters. The van der Waals surface area contributed by atoms with Crippen LogP contribution < -0.4 is 0 Å². The van der Waals surface area contributed by atoms with Crippen molar-refractivity contribution in [2.45, 2.75) is 25.9 Å². The maximum atomic E-state index is 5.32. The molecule has 1 rings (SSSR count). The van der Waals surface area contributed by atoms with Crippen LogP contribution in [0, 0.1) is 0 Å². The lowest BCUT2D eigenvalue weighted by Crippen LogP contribution is -2.24. The largest absolute Gasteiger partial charge is 0.374 e. The highest BCUT2D eigenvalue weighted by molar-refractivity contribution is 5.30. The Hall–Kier alpha value is -0.780. The zero-order valence-corrected chi connectivity index (χ0v) is 7.35. The summed E-state index contributed by atoms with van der Waals surface area (Å²) >= 11 is 0. The van der Waals surface area contributed by atoms with Crippen molar-refractivity contribution in [2.24, 2.45) is 0 Å². The minimum absolute atomic E-state index is 0.165. The van der Waals surface area contributed by atoms with E-state index in [9.17, 15) is 0 Å². The average Bonchev–Trinajstić information content (AvgIpc) is 2.06. The standard InChI is InChI=1S/C10H14O/c1-10(2,11-3)9-7-5-4-6-8-9/h4,7-8H,5H2,1-3H3. The molecular weight excluding hydrogens is 136 g/mol. The minimum Gasteiger partial charge on any atom is -0.374 e. The van der Waals surface area contributed by atoms with Gasteiger partial charge in [0.1, 0.15) is 0 Å². The molecule has 0 aromatic heterocycles. The fourth-order valence-corrected chi connectivity index (χ4v) is 0.999. The van der Waals surface area contributed by atoms with E-state index in [2.05, 4.69) is 25.7 Å². The molecule has 0 spiro atoms. The molecule has 0 aliphatic heterocycles. The summed E-state index contributed by atoms with van der Waals surface area (Å²) in [5, 5.41) is 0. The van der Waals surface area contributed by atoms with Crippen LogP contribution in [0.25, 0.3) is 0 Å². The number of methoxy groups -OCH3 is 1. The lowest BCUT2D eigenvalue weighted by Gasteiger charge is -2.24. The fourth-order valence-electron chi connectivity index (χ4n) is 0.999. The quantitative estimate of drug-likeness (QED) is 0.549. The SMILES string of the molecule is COC(C)(C)C1=CCC=C=C1. The molecule has 0 aromatic rings. The first-order valence-electron chi connectivity index (χ1n) is 3.83. The van der Waals surface area contributed by atoms with Gasteiger partial charge in [-0.2, -0.15) is 0 Å². The predicted molar refractivity (Wildman–Crippen MR) is 46.4 cm³/mol. The van der Waals surface area contributed by atoms with Crippen LogP contribution in [0.1, 0.15) is 20.3 Å². The first-order chi connectivity index (χ1) is 5.17. The normalized spacial score (nSPS) is 16.8. The zero-order chi connectivity index (χ0) is 8.32. The Morgan fingerprint density at radius 2 is 2.27 bits per heavy atom. The molecule has 60 valence electrons. The van der Waals surface area contributed by atoms with E-state index in [1.807, 2.05) is 12.2 Å². The highest BCUT2D eigenvalue weighted by Crippen LogP contribution is 2.22. The number of hydrogen-bond acceptors (Lipinski definition) is 1. The molecule has 0 N–H and O–H groups in total. The van der Waals surface area contributed by atoms with Gasteiger partial charge < -0.3 is 4.74 Å². The van der Waals surface area contributed by atoms with Crippen molar-refractivity contribution >= 4 is 0 Å². The van der Waals surface area contributed by atoms with Gasteiger partial charge in [-0.25, -0.2) is 0 Å². The molecule has 0 heterocycles. The van der Waals surface area contributed by atoms with E-state index in [-0.39, 0.29) is 5.60 Å². The Morgan fingerprint density at radius 3 is 2.73 bits per heavy atom. The topological polar surface area (TPSA) is 9.23 Å². The summed E-state index contributed by atoms with van der Waals surface area (Å²) in [6.07, 6.45) is 7.13. The van der Waals surface area contributed by atoms with Gasteiger partial charge in [0.25, 0.3) is 0 Å². The van der Waals surface area contributed by atoms with Crippen molar-refractivity contribution in [1.82, 2.24) is 0 Å². The Bertz CT molecular complexity index is 227. The number of ether oxygens (including phenoxy) is 1. The van der Waals surface area contributed by atoms with Crippen molar-refractivity contribution in [3.63, 3.8) is 0 Å². The second kappa shape index (κ2) is 3.08. The molecule has 0 unspecified atom stereocenters. The lowest BCUT2D eigenvalue weighted by atomic mass is 9.95. The summed E-state index contributed by atoms with van der Waals surface area (Å²) < 4.78 is 5.32. The van der Waals surface area contributed by atoms with Gasteiger partial charge in [0.05, 0.1) is 5.60 Å². The van der Waals surface area contributed by atoms with Gasteiger partial charge in [0.15, 0.2) is 0 Å². The maximum Gasteiger partial charge on any atom is 0.0874 e. The van der Waals surface area contributed by atoms with E-state index >= 15 is 0 Å². The van der Waals surface area contributed by atoms with Gasteiger partial charge in [-0.15, -0.1) is 5.73 Å². The molecule has 1 nitrogen and oxygen atoms in total. The van der Waals surface area contributed by atoms with Gasteiger partial charge in [-0.1, -0.05) is 6.08 Å². The maximum absolute atomic E-state index is 5.32. The molecule has 0 amide bonds. The Kier molecular flexibility index (Phi) is 2.33. The van der Waals surface area contributed by atoms with Crippen molar-refractivity contribution in [1.29, 1.82) is 0 Å². The third-order valence-corrected chi connectivity index (χ3v) is 2.02. The molecule has 1 aliphatic rings. The van der Waals surface area contributed by atoms with Gasteiger partial charge in [0, 0.05) is 7.11 Å².